The molecule has 1 aliphatic heterocycles. The third-order valence-corrected chi connectivity index (χ3v) is 6.88. The molecule has 0 aromatic carbocycles. The number of rotatable bonds is 6. The van der Waals surface area contributed by atoms with Crippen molar-refractivity contribution >= 4 is 16.9 Å². The predicted molar refractivity (Wildman–Crippen MR) is 131 cm³/mol. The number of nitrogens with zero attached hydrogens (tertiary/aromatic N) is 7. The molecule has 4 heterocycles. The van der Waals surface area contributed by atoms with Crippen LogP contribution in [0.3, 0.4) is 0 Å². The summed E-state index contributed by atoms with van der Waals surface area (Å²) in [5.74, 6) is 1.17. The highest BCUT2D eigenvalue weighted by molar-refractivity contribution is 5.86. The van der Waals surface area contributed by atoms with Crippen LogP contribution < -0.4 is 15.3 Å². The summed E-state index contributed by atoms with van der Waals surface area (Å²) < 4.78 is 6.82. The Morgan fingerprint density at radius 1 is 1.12 bits per heavy atom. The number of aromatic nitrogens is 4. The van der Waals surface area contributed by atoms with Gasteiger partial charge in [0.15, 0.2) is 5.82 Å². The Balaban J connectivity index is 1.75. The van der Waals surface area contributed by atoms with Gasteiger partial charge in [0.25, 0.3) is 0 Å². The number of nitriles is 1. The lowest BCUT2D eigenvalue weighted by Gasteiger charge is -2.48. The van der Waals surface area contributed by atoms with Crippen molar-refractivity contribution in [3.05, 3.63) is 52.2 Å². The minimum atomic E-state index is -0.326. The van der Waals surface area contributed by atoms with Gasteiger partial charge in [-0.2, -0.15) is 10.2 Å². The second-order valence-electron chi connectivity index (χ2n) is 8.71. The van der Waals surface area contributed by atoms with Gasteiger partial charge in [-0.3, -0.25) is 9.47 Å². The first-order valence-electron chi connectivity index (χ1n) is 11.7. The fraction of sp³-hybridized carbons (Fsp3) is 0.480. The normalized spacial score (nSPS) is 19.7. The van der Waals surface area contributed by atoms with Gasteiger partial charge in [0.05, 0.1) is 18.3 Å². The lowest BCUT2D eigenvalue weighted by molar-refractivity contribution is 0.0984. The molecule has 0 saturated carbocycles. The first-order valence-corrected chi connectivity index (χ1v) is 11.7. The summed E-state index contributed by atoms with van der Waals surface area (Å²) in [6.45, 7) is 8.01. The molecule has 3 atom stereocenters. The van der Waals surface area contributed by atoms with Gasteiger partial charge in [-0.05, 0) is 38.0 Å². The third-order valence-electron chi connectivity index (χ3n) is 6.88. The number of ether oxygens (including phenoxy) is 1. The second kappa shape index (κ2) is 9.77. The summed E-state index contributed by atoms with van der Waals surface area (Å²) in [5, 5.41) is 9.41. The highest BCUT2D eigenvalue weighted by Gasteiger charge is 2.37. The molecule has 0 amide bonds. The first-order chi connectivity index (χ1) is 16.4. The largest absolute Gasteiger partial charge is 0.481 e. The fourth-order valence-electron chi connectivity index (χ4n) is 4.84. The van der Waals surface area contributed by atoms with Crippen molar-refractivity contribution in [2.75, 3.05) is 25.1 Å². The molecule has 0 radical (unpaired) electrons. The zero-order chi connectivity index (χ0) is 24.4. The van der Waals surface area contributed by atoms with Gasteiger partial charge in [0, 0.05) is 44.3 Å². The molecular weight excluding hydrogens is 430 g/mol. The van der Waals surface area contributed by atoms with Crippen LogP contribution in [0.4, 0.5) is 5.82 Å². The summed E-state index contributed by atoms with van der Waals surface area (Å²) in [4.78, 5) is 31.1. The quantitative estimate of drug-likeness (QED) is 0.552. The van der Waals surface area contributed by atoms with Crippen LogP contribution in [-0.4, -0.2) is 56.7 Å². The highest BCUT2D eigenvalue weighted by Crippen LogP contribution is 2.33. The van der Waals surface area contributed by atoms with Crippen molar-refractivity contribution < 1.29 is 4.74 Å². The fourth-order valence-corrected chi connectivity index (χ4v) is 4.84. The number of pyridine rings is 2. The van der Waals surface area contributed by atoms with E-state index in [9.17, 15) is 10.1 Å². The molecule has 4 rings (SSSR count). The molecule has 1 saturated heterocycles. The molecule has 0 aliphatic carbocycles. The van der Waals surface area contributed by atoms with Crippen molar-refractivity contribution in [2.24, 2.45) is 7.05 Å². The van der Waals surface area contributed by atoms with E-state index in [1.165, 1.54) is 4.57 Å². The van der Waals surface area contributed by atoms with Gasteiger partial charge in [0.1, 0.15) is 17.3 Å². The minimum absolute atomic E-state index is 0.105. The molecule has 3 aromatic rings. The van der Waals surface area contributed by atoms with Crippen molar-refractivity contribution in [2.45, 2.75) is 51.7 Å². The van der Waals surface area contributed by atoms with E-state index in [1.807, 2.05) is 18.2 Å². The van der Waals surface area contributed by atoms with Crippen LogP contribution in [0.1, 0.15) is 51.0 Å². The Morgan fingerprint density at radius 3 is 2.56 bits per heavy atom. The van der Waals surface area contributed by atoms with Crippen LogP contribution in [0.2, 0.25) is 0 Å². The molecule has 1 fully saturated rings. The Labute approximate surface area is 199 Å². The Morgan fingerprint density at radius 2 is 1.88 bits per heavy atom. The highest BCUT2D eigenvalue weighted by atomic mass is 16.5. The van der Waals surface area contributed by atoms with Crippen LogP contribution in [-0.2, 0) is 7.05 Å². The van der Waals surface area contributed by atoms with E-state index in [1.54, 1.807) is 26.3 Å². The molecule has 34 heavy (non-hydrogen) atoms. The average molecular weight is 462 g/mol. The zero-order valence-corrected chi connectivity index (χ0v) is 20.4. The molecule has 0 N–H and O–H groups in total. The summed E-state index contributed by atoms with van der Waals surface area (Å²) in [6.07, 6.45) is 1.81. The lowest BCUT2D eigenvalue weighted by atomic mass is 9.98. The van der Waals surface area contributed by atoms with Crippen LogP contribution in [0.15, 0.2) is 35.1 Å². The second-order valence-corrected chi connectivity index (χ2v) is 8.71. The number of piperazine rings is 1. The maximum Gasteiger partial charge on any atom is 0.349 e. The lowest BCUT2D eigenvalue weighted by Crippen LogP contribution is -2.59. The predicted octanol–water partition coefficient (Wildman–Crippen LogP) is 3.04. The molecule has 9 nitrogen and oxygen atoms in total. The third kappa shape index (κ3) is 4.21. The SMILES string of the molecule is CCC1CN(C(C)c2cccc(OC)n2)[C@H](CC)CN1c1nc(=O)n(C)c2ccc(C#N)nc12. The van der Waals surface area contributed by atoms with Crippen LogP contribution in [0, 0.1) is 11.3 Å². The van der Waals surface area contributed by atoms with Crippen LogP contribution >= 0.6 is 0 Å². The molecule has 178 valence electrons. The average Bonchev–Trinajstić information content (AvgIpc) is 2.89. The Kier molecular flexibility index (Phi) is 6.80. The summed E-state index contributed by atoms with van der Waals surface area (Å²) in [6, 6.07) is 11.9. The summed E-state index contributed by atoms with van der Waals surface area (Å²) >= 11 is 0. The van der Waals surface area contributed by atoms with E-state index in [-0.39, 0.29) is 23.8 Å². The molecule has 2 unspecified atom stereocenters. The first kappa shape index (κ1) is 23.6. The monoisotopic (exact) mass is 461 g/mol. The summed E-state index contributed by atoms with van der Waals surface area (Å²) in [7, 11) is 3.31. The number of methoxy groups -OCH3 is 1. The van der Waals surface area contributed by atoms with E-state index < -0.39 is 0 Å². The summed E-state index contributed by atoms with van der Waals surface area (Å²) in [5.41, 5.74) is 2.22. The molecule has 3 aromatic heterocycles. The van der Waals surface area contributed by atoms with Crippen LogP contribution in [0.25, 0.3) is 11.0 Å². The Bertz CT molecular complexity index is 1280. The van der Waals surface area contributed by atoms with Crippen molar-refractivity contribution in [1.82, 2.24) is 24.4 Å². The van der Waals surface area contributed by atoms with Gasteiger partial charge in [-0.1, -0.05) is 19.9 Å². The smallest absolute Gasteiger partial charge is 0.349 e. The van der Waals surface area contributed by atoms with Crippen LogP contribution in [0.5, 0.6) is 5.88 Å². The van der Waals surface area contributed by atoms with E-state index in [2.05, 4.69) is 51.6 Å². The van der Waals surface area contributed by atoms with Gasteiger partial charge in [0.2, 0.25) is 5.88 Å². The van der Waals surface area contributed by atoms with Gasteiger partial charge in [-0.15, -0.1) is 0 Å². The van der Waals surface area contributed by atoms with Gasteiger partial charge in [-0.25, -0.2) is 14.8 Å². The number of anilines is 1. The molecule has 1 aliphatic rings. The Hall–Kier alpha value is -3.51. The zero-order valence-electron chi connectivity index (χ0n) is 20.4. The molecule has 9 heteroatoms. The van der Waals surface area contributed by atoms with Gasteiger partial charge < -0.3 is 9.64 Å². The van der Waals surface area contributed by atoms with Crippen molar-refractivity contribution in [1.29, 1.82) is 5.26 Å². The van der Waals surface area contributed by atoms with Crippen molar-refractivity contribution in [3.63, 3.8) is 0 Å². The minimum Gasteiger partial charge on any atom is -0.481 e. The van der Waals surface area contributed by atoms with E-state index in [0.717, 1.165) is 25.1 Å². The van der Waals surface area contributed by atoms with Crippen molar-refractivity contribution in [3.8, 4) is 11.9 Å². The maximum absolute atomic E-state index is 12.7. The maximum atomic E-state index is 12.7. The standard InChI is InChI=1S/C25H31N7O2/c1-6-18-15-32(24-23-21(30(4)25(33)29-24)12-11-17(13-26)27-23)19(7-2)14-31(18)16(3)20-9-8-10-22(28-20)34-5/h8-12,16,18-19H,6-7,14-15H2,1-5H3/t16?,18-,19?/m1/s1. The number of hydrogen-bond acceptors (Lipinski definition) is 8. The molecule has 0 spiro atoms. The van der Waals surface area contributed by atoms with E-state index >= 15 is 0 Å². The molecular formula is C25H31N7O2. The molecule has 0 bridgehead atoms. The number of fused-ring (bicyclic) bond motifs is 1. The number of hydrogen-bond donors (Lipinski definition) is 0. The van der Waals surface area contributed by atoms with Gasteiger partial charge >= 0.3 is 5.69 Å². The topological polar surface area (TPSA) is 100 Å². The van der Waals surface area contributed by atoms with E-state index in [0.29, 0.717) is 35.0 Å². The number of aryl methyl sites for hydroxylation is 1. The van der Waals surface area contributed by atoms with E-state index in [4.69, 9.17) is 4.74 Å².